The number of halogens is 1. The highest BCUT2D eigenvalue weighted by Crippen LogP contribution is 2.14. The predicted octanol–water partition coefficient (Wildman–Crippen LogP) is 1.04. The molecule has 5 heteroatoms. The topological polar surface area (TPSA) is 64.9 Å². The predicted molar refractivity (Wildman–Crippen MR) is 45.9 cm³/mol. The van der Waals surface area contributed by atoms with Crippen molar-refractivity contribution in [1.82, 2.24) is 10.2 Å². The maximum atomic E-state index is 5.74. The van der Waals surface area contributed by atoms with Gasteiger partial charge in [-0.2, -0.15) is 0 Å². The van der Waals surface area contributed by atoms with Crippen LogP contribution in [0.25, 0.3) is 0 Å². The van der Waals surface area contributed by atoms with Crippen molar-refractivity contribution in [3.05, 3.63) is 11.8 Å². The molecule has 1 aromatic rings. The van der Waals surface area contributed by atoms with Crippen molar-refractivity contribution in [2.75, 3.05) is 5.88 Å². The van der Waals surface area contributed by atoms with Crippen LogP contribution in [0.4, 0.5) is 0 Å². The highest BCUT2D eigenvalue weighted by atomic mass is 35.5. The molecule has 68 valence electrons. The molecule has 1 rings (SSSR count). The second kappa shape index (κ2) is 3.41. The first-order valence-corrected chi connectivity index (χ1v) is 4.25. The Kier molecular flexibility index (Phi) is 2.69. The first-order valence-electron chi connectivity index (χ1n) is 3.71. The summed E-state index contributed by atoms with van der Waals surface area (Å²) >= 11 is 5.50. The van der Waals surface area contributed by atoms with E-state index < -0.39 is 5.54 Å². The average molecular weight is 190 g/mol. The average Bonchev–Trinajstić information content (AvgIpc) is 2.35. The molecule has 1 heterocycles. The van der Waals surface area contributed by atoms with Crippen molar-refractivity contribution >= 4 is 11.6 Å². The minimum Gasteiger partial charge on any atom is -0.423 e. The van der Waals surface area contributed by atoms with E-state index in [1.54, 1.807) is 0 Å². The van der Waals surface area contributed by atoms with E-state index in [-0.39, 0.29) is 0 Å². The van der Waals surface area contributed by atoms with Crippen LogP contribution in [0.2, 0.25) is 0 Å². The van der Waals surface area contributed by atoms with E-state index in [9.17, 15) is 0 Å². The van der Waals surface area contributed by atoms with Gasteiger partial charge in [0, 0.05) is 12.3 Å². The third-order valence-corrected chi connectivity index (χ3v) is 1.52. The number of aryl methyl sites for hydroxylation is 1. The summed E-state index contributed by atoms with van der Waals surface area (Å²) in [5.74, 6) is 1.47. The SMILES string of the molecule is CC(C)(N)c1nnc(CCCl)o1. The number of hydrogen-bond acceptors (Lipinski definition) is 4. The Morgan fingerprint density at radius 3 is 2.58 bits per heavy atom. The van der Waals surface area contributed by atoms with Gasteiger partial charge in [-0.15, -0.1) is 21.8 Å². The van der Waals surface area contributed by atoms with Crippen LogP contribution in [0, 0.1) is 0 Å². The smallest absolute Gasteiger partial charge is 0.235 e. The van der Waals surface area contributed by atoms with Gasteiger partial charge >= 0.3 is 0 Å². The number of aromatic nitrogens is 2. The van der Waals surface area contributed by atoms with Crippen molar-refractivity contribution in [2.24, 2.45) is 5.73 Å². The quantitative estimate of drug-likeness (QED) is 0.722. The molecular weight excluding hydrogens is 178 g/mol. The van der Waals surface area contributed by atoms with Crippen molar-refractivity contribution in [3.63, 3.8) is 0 Å². The monoisotopic (exact) mass is 189 g/mol. The molecule has 12 heavy (non-hydrogen) atoms. The van der Waals surface area contributed by atoms with Crippen LogP contribution in [0.3, 0.4) is 0 Å². The third-order valence-electron chi connectivity index (χ3n) is 1.33. The lowest BCUT2D eigenvalue weighted by molar-refractivity contribution is 0.361. The Labute approximate surface area is 76.1 Å². The lowest BCUT2D eigenvalue weighted by atomic mass is 10.1. The number of rotatable bonds is 3. The van der Waals surface area contributed by atoms with Gasteiger partial charge in [-0.3, -0.25) is 0 Å². The Morgan fingerprint density at radius 1 is 1.50 bits per heavy atom. The van der Waals surface area contributed by atoms with Crippen molar-refractivity contribution in [3.8, 4) is 0 Å². The number of nitrogens with two attached hydrogens (primary N) is 1. The first kappa shape index (κ1) is 9.48. The lowest BCUT2D eigenvalue weighted by Crippen LogP contribution is -2.29. The summed E-state index contributed by atoms with van der Waals surface area (Å²) in [5.41, 5.74) is 5.17. The molecule has 1 aromatic heterocycles. The van der Waals surface area contributed by atoms with Gasteiger partial charge in [-0.25, -0.2) is 0 Å². The Morgan fingerprint density at radius 2 is 2.17 bits per heavy atom. The van der Waals surface area contributed by atoms with Crippen molar-refractivity contribution < 1.29 is 4.42 Å². The van der Waals surface area contributed by atoms with Gasteiger partial charge in [0.15, 0.2) is 0 Å². The minimum absolute atomic E-state index is 0.447. The molecule has 0 radical (unpaired) electrons. The molecule has 0 fully saturated rings. The maximum absolute atomic E-state index is 5.74. The highest BCUT2D eigenvalue weighted by molar-refractivity contribution is 6.17. The fourth-order valence-electron chi connectivity index (χ4n) is 0.696. The summed E-state index contributed by atoms with van der Waals surface area (Å²) in [5, 5.41) is 7.60. The van der Waals surface area contributed by atoms with Crippen molar-refractivity contribution in [2.45, 2.75) is 25.8 Å². The summed E-state index contributed by atoms with van der Waals surface area (Å²) in [6.45, 7) is 3.62. The van der Waals surface area contributed by atoms with Gasteiger partial charge in [-0.1, -0.05) is 0 Å². The molecule has 0 saturated carbocycles. The fraction of sp³-hybridized carbons (Fsp3) is 0.714. The number of alkyl halides is 1. The highest BCUT2D eigenvalue weighted by Gasteiger charge is 2.21. The summed E-state index contributed by atoms with van der Waals surface area (Å²) < 4.78 is 5.26. The molecule has 0 aliphatic carbocycles. The third kappa shape index (κ3) is 2.19. The van der Waals surface area contributed by atoms with Crippen LogP contribution in [0.1, 0.15) is 25.6 Å². The summed E-state index contributed by atoms with van der Waals surface area (Å²) in [6, 6.07) is 0. The Bertz CT molecular complexity index is 253. The molecule has 2 N–H and O–H groups in total. The van der Waals surface area contributed by atoms with Crippen LogP contribution in [0.5, 0.6) is 0 Å². The van der Waals surface area contributed by atoms with Crippen LogP contribution >= 0.6 is 11.6 Å². The lowest BCUT2D eigenvalue weighted by Gasteiger charge is -2.11. The molecule has 4 nitrogen and oxygen atoms in total. The van der Waals surface area contributed by atoms with Gasteiger partial charge in [0.2, 0.25) is 11.8 Å². The van der Waals surface area contributed by atoms with Gasteiger partial charge in [0.25, 0.3) is 0 Å². The molecule has 0 bridgehead atoms. The zero-order valence-electron chi connectivity index (χ0n) is 7.17. The van der Waals surface area contributed by atoms with E-state index >= 15 is 0 Å². The van der Waals surface area contributed by atoms with E-state index in [2.05, 4.69) is 10.2 Å². The van der Waals surface area contributed by atoms with Gasteiger partial charge < -0.3 is 10.2 Å². The standard InChI is InChI=1S/C7H12ClN3O/c1-7(2,9)6-11-10-5(12-6)3-4-8/h3-4,9H2,1-2H3. The van der Waals surface area contributed by atoms with Gasteiger partial charge in [0.1, 0.15) is 0 Å². The van der Waals surface area contributed by atoms with E-state index in [4.69, 9.17) is 21.8 Å². The minimum atomic E-state index is -0.572. The molecule has 0 unspecified atom stereocenters. The molecule has 0 amide bonds. The molecule has 0 atom stereocenters. The Balaban J connectivity index is 2.77. The molecule has 0 aliphatic rings. The van der Waals surface area contributed by atoms with Crippen molar-refractivity contribution in [1.29, 1.82) is 0 Å². The summed E-state index contributed by atoms with van der Waals surface area (Å²) in [7, 11) is 0. The van der Waals surface area contributed by atoms with Gasteiger partial charge in [-0.05, 0) is 13.8 Å². The van der Waals surface area contributed by atoms with Crippen LogP contribution < -0.4 is 5.73 Å². The molecule has 0 aliphatic heterocycles. The number of hydrogen-bond donors (Lipinski definition) is 1. The van der Waals surface area contributed by atoms with Crippen LogP contribution in [-0.2, 0) is 12.0 Å². The van der Waals surface area contributed by atoms with E-state index in [0.29, 0.717) is 24.1 Å². The van der Waals surface area contributed by atoms with E-state index in [0.717, 1.165) is 0 Å². The second-order valence-corrected chi connectivity index (χ2v) is 3.54. The fourth-order valence-corrected chi connectivity index (χ4v) is 0.858. The Hall–Kier alpha value is -0.610. The zero-order chi connectivity index (χ0) is 9.19. The largest absolute Gasteiger partial charge is 0.423 e. The first-order chi connectivity index (χ1) is 5.54. The molecular formula is C7H12ClN3O. The number of nitrogens with zero attached hydrogens (tertiary/aromatic N) is 2. The summed E-state index contributed by atoms with van der Waals surface area (Å²) in [6.07, 6.45) is 0.588. The van der Waals surface area contributed by atoms with E-state index in [1.807, 2.05) is 13.8 Å². The summed E-state index contributed by atoms with van der Waals surface area (Å²) in [4.78, 5) is 0. The zero-order valence-corrected chi connectivity index (χ0v) is 7.93. The van der Waals surface area contributed by atoms with Gasteiger partial charge in [0.05, 0.1) is 5.54 Å². The molecule has 0 saturated heterocycles. The normalized spacial score (nSPS) is 12.0. The maximum Gasteiger partial charge on any atom is 0.235 e. The van der Waals surface area contributed by atoms with E-state index in [1.165, 1.54) is 0 Å². The van der Waals surface area contributed by atoms with Crippen LogP contribution in [-0.4, -0.2) is 16.1 Å². The van der Waals surface area contributed by atoms with Crippen LogP contribution in [0.15, 0.2) is 4.42 Å². The second-order valence-electron chi connectivity index (χ2n) is 3.16. The molecule has 0 spiro atoms. The molecule has 0 aromatic carbocycles.